The fourth-order valence-corrected chi connectivity index (χ4v) is 4.05. The summed E-state index contributed by atoms with van der Waals surface area (Å²) < 4.78 is 5.33. The van der Waals surface area contributed by atoms with Crippen LogP contribution in [0.25, 0.3) is 0 Å². The van der Waals surface area contributed by atoms with Crippen LogP contribution in [0.1, 0.15) is 51.9 Å². The van der Waals surface area contributed by atoms with Gasteiger partial charge in [-0.3, -0.25) is 4.79 Å². The Hall–Kier alpha value is -2.65. The molecular weight excluding hydrogens is 348 g/mol. The number of nitrogens with one attached hydrogen (secondary N) is 1. The summed E-state index contributed by atoms with van der Waals surface area (Å²) in [6.07, 6.45) is 4.66. The van der Waals surface area contributed by atoms with Crippen LogP contribution in [0.15, 0.2) is 30.3 Å². The molecule has 134 valence electrons. The molecule has 5 nitrogen and oxygen atoms in total. The molecule has 0 saturated carbocycles. The Morgan fingerprint density at radius 1 is 1.19 bits per heavy atom. The summed E-state index contributed by atoms with van der Waals surface area (Å²) in [7, 11) is 0. The number of anilines is 1. The summed E-state index contributed by atoms with van der Waals surface area (Å²) in [5, 5.41) is 11.5. The summed E-state index contributed by atoms with van der Waals surface area (Å²) >= 11 is 1.48. The molecule has 6 heteroatoms. The first-order chi connectivity index (χ1) is 12.6. The van der Waals surface area contributed by atoms with Crippen molar-refractivity contribution in [3.05, 3.63) is 51.2 Å². The topological polar surface area (TPSA) is 79.2 Å². The number of rotatable bonds is 4. The van der Waals surface area contributed by atoms with Crippen LogP contribution in [0.2, 0.25) is 0 Å². The smallest absolute Gasteiger partial charge is 0.349 e. The highest BCUT2D eigenvalue weighted by molar-refractivity contribution is 7.14. The van der Waals surface area contributed by atoms with Crippen molar-refractivity contribution in [1.29, 1.82) is 5.26 Å². The van der Waals surface area contributed by atoms with Crippen LogP contribution in [0, 0.1) is 11.3 Å². The zero-order chi connectivity index (χ0) is 18.5. The summed E-state index contributed by atoms with van der Waals surface area (Å²) in [4.78, 5) is 26.4. The predicted octanol–water partition coefficient (Wildman–Crippen LogP) is 4.07. The Morgan fingerprint density at radius 2 is 1.92 bits per heavy atom. The molecule has 0 aliphatic heterocycles. The number of ether oxygens (including phenoxy) is 1. The van der Waals surface area contributed by atoms with Crippen LogP contribution in [0.3, 0.4) is 0 Å². The molecule has 2 aromatic rings. The van der Waals surface area contributed by atoms with Crippen molar-refractivity contribution >= 4 is 28.9 Å². The zero-order valence-electron chi connectivity index (χ0n) is 14.6. The van der Waals surface area contributed by atoms with E-state index in [9.17, 15) is 9.59 Å². The molecule has 26 heavy (non-hydrogen) atoms. The SMILES string of the molecule is C[C@H](OC(=O)c1cc2c(s1)CCCCC2)C(=O)Nc1ccc(C#N)cc1. The Morgan fingerprint density at radius 3 is 2.65 bits per heavy atom. The van der Waals surface area contributed by atoms with Crippen LogP contribution < -0.4 is 5.32 Å². The van der Waals surface area contributed by atoms with Gasteiger partial charge in [0, 0.05) is 10.6 Å². The first-order valence-electron chi connectivity index (χ1n) is 8.70. The molecule has 1 aliphatic rings. The lowest BCUT2D eigenvalue weighted by Crippen LogP contribution is -2.29. The molecule has 1 heterocycles. The molecule has 0 saturated heterocycles. The molecule has 0 fully saturated rings. The van der Waals surface area contributed by atoms with Crippen molar-refractivity contribution in [3.8, 4) is 6.07 Å². The van der Waals surface area contributed by atoms with Gasteiger partial charge in [0.1, 0.15) is 4.88 Å². The third-order valence-electron chi connectivity index (χ3n) is 4.38. The van der Waals surface area contributed by atoms with Gasteiger partial charge in [0.15, 0.2) is 6.10 Å². The standard InChI is InChI=1S/C20H20N2O3S/c1-13(19(23)22-16-9-7-14(12-21)8-10-16)25-20(24)18-11-15-5-3-2-4-6-17(15)26-18/h7-11,13H,2-6H2,1H3,(H,22,23)/t13-/m0/s1. The van der Waals surface area contributed by atoms with Gasteiger partial charge >= 0.3 is 5.97 Å². The van der Waals surface area contributed by atoms with Crippen molar-refractivity contribution in [1.82, 2.24) is 0 Å². The number of carbonyl (C=O) groups is 2. The molecule has 0 bridgehead atoms. The van der Waals surface area contributed by atoms with E-state index in [-0.39, 0.29) is 0 Å². The fourth-order valence-electron chi connectivity index (χ4n) is 2.91. The number of benzene rings is 1. The number of thiophene rings is 1. The average Bonchev–Trinajstić information content (AvgIpc) is 2.93. The molecule has 0 radical (unpaired) electrons. The minimum atomic E-state index is -0.903. The lowest BCUT2D eigenvalue weighted by molar-refractivity contribution is -0.123. The van der Waals surface area contributed by atoms with E-state index in [4.69, 9.17) is 10.00 Å². The lowest BCUT2D eigenvalue weighted by Gasteiger charge is -2.13. The van der Waals surface area contributed by atoms with Gasteiger partial charge in [-0.2, -0.15) is 5.26 Å². The summed E-state index contributed by atoms with van der Waals surface area (Å²) in [5.74, 6) is -0.855. The van der Waals surface area contributed by atoms with E-state index in [0.29, 0.717) is 16.1 Å². The maximum atomic E-state index is 12.4. The van der Waals surface area contributed by atoms with Crippen molar-refractivity contribution < 1.29 is 14.3 Å². The second-order valence-corrected chi connectivity index (χ2v) is 7.48. The second kappa shape index (κ2) is 8.15. The largest absolute Gasteiger partial charge is 0.448 e. The maximum absolute atomic E-state index is 12.4. The maximum Gasteiger partial charge on any atom is 0.349 e. The Bertz CT molecular complexity index is 825. The summed E-state index contributed by atoms with van der Waals surface area (Å²) in [6, 6.07) is 10.4. The first-order valence-corrected chi connectivity index (χ1v) is 9.52. The van der Waals surface area contributed by atoms with Crippen LogP contribution in [-0.4, -0.2) is 18.0 Å². The predicted molar refractivity (Wildman–Crippen MR) is 100 cm³/mol. The number of fused-ring (bicyclic) bond motifs is 1. The molecule has 1 aromatic carbocycles. The molecule has 1 atom stereocenters. The van der Waals surface area contributed by atoms with Crippen molar-refractivity contribution in [2.75, 3.05) is 5.32 Å². The minimum Gasteiger partial charge on any atom is -0.448 e. The second-order valence-electron chi connectivity index (χ2n) is 6.35. The van der Waals surface area contributed by atoms with Gasteiger partial charge in [0.05, 0.1) is 11.6 Å². The van der Waals surface area contributed by atoms with E-state index in [1.807, 2.05) is 12.1 Å². The van der Waals surface area contributed by atoms with Crippen LogP contribution in [0.5, 0.6) is 0 Å². The fraction of sp³-hybridized carbons (Fsp3) is 0.350. The van der Waals surface area contributed by atoms with Crippen molar-refractivity contribution in [2.24, 2.45) is 0 Å². The molecule has 1 aromatic heterocycles. The van der Waals surface area contributed by atoms with Gasteiger partial charge in [0.25, 0.3) is 5.91 Å². The van der Waals surface area contributed by atoms with E-state index in [1.165, 1.54) is 28.2 Å². The number of hydrogen-bond donors (Lipinski definition) is 1. The number of nitrogens with zero attached hydrogens (tertiary/aromatic N) is 1. The van der Waals surface area contributed by atoms with Gasteiger partial charge in [-0.1, -0.05) is 6.42 Å². The number of nitriles is 1. The quantitative estimate of drug-likeness (QED) is 0.652. The summed E-state index contributed by atoms with van der Waals surface area (Å²) in [5.41, 5.74) is 2.31. The summed E-state index contributed by atoms with van der Waals surface area (Å²) in [6.45, 7) is 1.55. The number of esters is 1. The molecule has 0 spiro atoms. The van der Waals surface area contributed by atoms with Gasteiger partial charge in [-0.05, 0) is 68.5 Å². The van der Waals surface area contributed by atoms with Crippen LogP contribution in [-0.2, 0) is 22.4 Å². The van der Waals surface area contributed by atoms with E-state index in [2.05, 4.69) is 5.32 Å². The molecule has 1 N–H and O–H groups in total. The Kier molecular flexibility index (Phi) is 5.69. The van der Waals surface area contributed by atoms with Gasteiger partial charge in [-0.15, -0.1) is 11.3 Å². The zero-order valence-corrected chi connectivity index (χ0v) is 15.4. The van der Waals surface area contributed by atoms with Gasteiger partial charge < -0.3 is 10.1 Å². The number of hydrogen-bond acceptors (Lipinski definition) is 5. The molecule has 3 rings (SSSR count). The highest BCUT2D eigenvalue weighted by Crippen LogP contribution is 2.29. The van der Waals surface area contributed by atoms with E-state index in [0.717, 1.165) is 25.7 Å². The molecular formula is C20H20N2O3S. The highest BCUT2D eigenvalue weighted by Gasteiger charge is 2.22. The Balaban J connectivity index is 1.59. The number of aryl methyl sites for hydroxylation is 2. The Labute approximate surface area is 156 Å². The monoisotopic (exact) mass is 368 g/mol. The van der Waals surface area contributed by atoms with Crippen LogP contribution in [0.4, 0.5) is 5.69 Å². The average molecular weight is 368 g/mol. The van der Waals surface area contributed by atoms with Crippen molar-refractivity contribution in [3.63, 3.8) is 0 Å². The normalized spacial score (nSPS) is 14.5. The number of carbonyl (C=O) groups excluding carboxylic acids is 2. The van der Waals surface area contributed by atoms with E-state index < -0.39 is 18.0 Å². The lowest BCUT2D eigenvalue weighted by atomic mass is 10.1. The van der Waals surface area contributed by atoms with Gasteiger partial charge in [-0.25, -0.2) is 4.79 Å². The number of amides is 1. The molecule has 1 aliphatic carbocycles. The third kappa shape index (κ3) is 4.30. The van der Waals surface area contributed by atoms with Gasteiger partial charge in [0.2, 0.25) is 0 Å². The van der Waals surface area contributed by atoms with Crippen LogP contribution >= 0.6 is 11.3 Å². The highest BCUT2D eigenvalue weighted by atomic mass is 32.1. The minimum absolute atomic E-state index is 0.402. The third-order valence-corrected chi connectivity index (χ3v) is 5.60. The van der Waals surface area contributed by atoms with Crippen molar-refractivity contribution in [2.45, 2.75) is 45.1 Å². The molecule has 0 unspecified atom stereocenters. The first kappa shape index (κ1) is 18.2. The van der Waals surface area contributed by atoms with E-state index >= 15 is 0 Å². The molecule has 1 amide bonds. The van der Waals surface area contributed by atoms with E-state index in [1.54, 1.807) is 31.2 Å².